The normalized spacial score (nSPS) is 29.8. The first-order valence-electron chi connectivity index (χ1n) is 9.48. The summed E-state index contributed by atoms with van der Waals surface area (Å²) in [5.74, 6) is 1.96. The summed E-state index contributed by atoms with van der Waals surface area (Å²) in [6.07, 6.45) is 7.51. The van der Waals surface area contributed by atoms with Crippen molar-refractivity contribution in [3.8, 4) is 5.75 Å². The van der Waals surface area contributed by atoms with Gasteiger partial charge in [-0.3, -0.25) is 4.90 Å². The molecule has 0 aromatic heterocycles. The van der Waals surface area contributed by atoms with Crippen molar-refractivity contribution in [1.29, 1.82) is 0 Å². The third-order valence-electron chi connectivity index (χ3n) is 6.03. The molecule has 0 N–H and O–H groups in total. The van der Waals surface area contributed by atoms with Crippen molar-refractivity contribution >= 4 is 0 Å². The Balaban J connectivity index is 1.26. The SMILES string of the molecule is Cc1ccccc1OC1CN(C[C@@H]2CCCN3CCCC[C@H]23)C1. The minimum Gasteiger partial charge on any atom is -0.487 e. The first kappa shape index (κ1) is 15.5. The summed E-state index contributed by atoms with van der Waals surface area (Å²) in [7, 11) is 0. The lowest BCUT2D eigenvalue weighted by atomic mass is 9.83. The van der Waals surface area contributed by atoms with Gasteiger partial charge in [0.15, 0.2) is 0 Å². The number of aryl methyl sites for hydroxylation is 1. The molecule has 4 rings (SSSR count). The molecular weight excluding hydrogens is 284 g/mol. The lowest BCUT2D eigenvalue weighted by Gasteiger charge is -2.48. The first-order chi connectivity index (χ1) is 11.3. The van der Waals surface area contributed by atoms with Crippen LogP contribution in [0.4, 0.5) is 0 Å². The van der Waals surface area contributed by atoms with Gasteiger partial charge in [-0.1, -0.05) is 24.6 Å². The molecule has 3 aliphatic heterocycles. The summed E-state index contributed by atoms with van der Waals surface area (Å²) < 4.78 is 6.16. The average molecular weight is 314 g/mol. The number of para-hydroxylation sites is 1. The first-order valence-corrected chi connectivity index (χ1v) is 9.48. The van der Waals surface area contributed by atoms with Crippen LogP contribution in [0.2, 0.25) is 0 Å². The Kier molecular flexibility index (Phi) is 4.59. The van der Waals surface area contributed by atoms with E-state index < -0.39 is 0 Å². The number of rotatable bonds is 4. The van der Waals surface area contributed by atoms with Gasteiger partial charge < -0.3 is 9.64 Å². The van der Waals surface area contributed by atoms with Gasteiger partial charge in [-0.25, -0.2) is 0 Å². The van der Waals surface area contributed by atoms with E-state index in [0.29, 0.717) is 6.10 Å². The lowest BCUT2D eigenvalue weighted by molar-refractivity contribution is -0.0190. The predicted molar refractivity (Wildman–Crippen MR) is 94.0 cm³/mol. The fourth-order valence-electron chi connectivity index (χ4n) is 4.74. The van der Waals surface area contributed by atoms with Gasteiger partial charge in [0.2, 0.25) is 0 Å². The highest BCUT2D eigenvalue weighted by Gasteiger charge is 2.37. The van der Waals surface area contributed by atoms with Gasteiger partial charge >= 0.3 is 0 Å². The molecule has 0 amide bonds. The standard InChI is InChI=1S/C20H30N2O/c1-16-7-2-3-10-20(16)23-18-14-21(15-18)13-17-8-6-12-22-11-5-4-9-19(17)22/h2-3,7,10,17-19H,4-6,8-9,11-15H2,1H3/t17-,19+/m0/s1. The van der Waals surface area contributed by atoms with Crippen molar-refractivity contribution in [1.82, 2.24) is 9.80 Å². The van der Waals surface area contributed by atoms with Gasteiger partial charge in [-0.15, -0.1) is 0 Å². The molecule has 2 atom stereocenters. The summed E-state index contributed by atoms with van der Waals surface area (Å²) >= 11 is 0. The molecule has 0 radical (unpaired) electrons. The molecule has 3 fully saturated rings. The third kappa shape index (κ3) is 3.41. The van der Waals surface area contributed by atoms with Crippen molar-refractivity contribution in [2.45, 2.75) is 51.2 Å². The second-order valence-electron chi connectivity index (χ2n) is 7.73. The number of likely N-dealkylation sites (tertiary alicyclic amines) is 1. The molecule has 3 heteroatoms. The highest BCUT2D eigenvalue weighted by atomic mass is 16.5. The largest absolute Gasteiger partial charge is 0.487 e. The van der Waals surface area contributed by atoms with E-state index in [0.717, 1.165) is 30.8 Å². The van der Waals surface area contributed by atoms with E-state index in [2.05, 4.69) is 41.0 Å². The molecule has 0 spiro atoms. The van der Waals surface area contributed by atoms with E-state index in [-0.39, 0.29) is 0 Å². The maximum atomic E-state index is 6.16. The molecular formula is C20H30N2O. The van der Waals surface area contributed by atoms with Crippen LogP contribution in [0.15, 0.2) is 24.3 Å². The Morgan fingerprint density at radius 2 is 1.87 bits per heavy atom. The van der Waals surface area contributed by atoms with E-state index in [1.54, 1.807) is 0 Å². The number of nitrogens with zero attached hydrogens (tertiary/aromatic N) is 2. The third-order valence-corrected chi connectivity index (χ3v) is 6.03. The van der Waals surface area contributed by atoms with Gasteiger partial charge in [0, 0.05) is 25.7 Å². The van der Waals surface area contributed by atoms with Crippen LogP contribution >= 0.6 is 0 Å². The molecule has 126 valence electrons. The smallest absolute Gasteiger partial charge is 0.124 e. The molecule has 0 aliphatic carbocycles. The van der Waals surface area contributed by atoms with Crippen LogP contribution in [0.3, 0.4) is 0 Å². The van der Waals surface area contributed by atoms with Crippen molar-refractivity contribution in [2.24, 2.45) is 5.92 Å². The van der Waals surface area contributed by atoms with Crippen LogP contribution in [0, 0.1) is 12.8 Å². The zero-order valence-electron chi connectivity index (χ0n) is 14.4. The Morgan fingerprint density at radius 3 is 2.74 bits per heavy atom. The zero-order valence-corrected chi connectivity index (χ0v) is 14.4. The van der Waals surface area contributed by atoms with Crippen molar-refractivity contribution in [3.05, 3.63) is 29.8 Å². The number of piperidine rings is 2. The molecule has 3 heterocycles. The molecule has 3 aliphatic rings. The summed E-state index contributed by atoms with van der Waals surface area (Å²) in [4.78, 5) is 5.39. The second kappa shape index (κ2) is 6.82. The Morgan fingerprint density at radius 1 is 1.04 bits per heavy atom. The van der Waals surface area contributed by atoms with Crippen molar-refractivity contribution in [3.63, 3.8) is 0 Å². The van der Waals surface area contributed by atoms with E-state index >= 15 is 0 Å². The Labute approximate surface area is 140 Å². The van der Waals surface area contributed by atoms with Gasteiger partial charge in [0.05, 0.1) is 0 Å². The summed E-state index contributed by atoms with van der Waals surface area (Å²) in [5.41, 5.74) is 1.25. The van der Waals surface area contributed by atoms with Gasteiger partial charge in [-0.05, 0) is 63.2 Å². The maximum Gasteiger partial charge on any atom is 0.124 e. The second-order valence-corrected chi connectivity index (χ2v) is 7.73. The van der Waals surface area contributed by atoms with Crippen molar-refractivity contribution in [2.75, 3.05) is 32.7 Å². The van der Waals surface area contributed by atoms with Crippen LogP contribution < -0.4 is 4.74 Å². The minimum atomic E-state index is 0.391. The minimum absolute atomic E-state index is 0.391. The monoisotopic (exact) mass is 314 g/mol. The summed E-state index contributed by atoms with van der Waals surface area (Å²) in [5, 5.41) is 0. The van der Waals surface area contributed by atoms with Gasteiger partial charge in [0.25, 0.3) is 0 Å². The highest BCUT2D eigenvalue weighted by molar-refractivity contribution is 5.32. The Bertz CT molecular complexity index is 524. The van der Waals surface area contributed by atoms with Crippen LogP contribution in [-0.2, 0) is 0 Å². The average Bonchev–Trinajstić information content (AvgIpc) is 2.55. The summed E-state index contributed by atoms with van der Waals surface area (Å²) in [6, 6.07) is 9.24. The van der Waals surface area contributed by atoms with Crippen molar-refractivity contribution < 1.29 is 4.74 Å². The lowest BCUT2D eigenvalue weighted by Crippen LogP contribution is -2.58. The van der Waals surface area contributed by atoms with Crippen LogP contribution in [-0.4, -0.2) is 54.7 Å². The molecule has 23 heavy (non-hydrogen) atoms. The van der Waals surface area contributed by atoms with Gasteiger partial charge in [0.1, 0.15) is 11.9 Å². The molecule has 0 saturated carbocycles. The van der Waals surface area contributed by atoms with E-state index in [9.17, 15) is 0 Å². The van der Waals surface area contributed by atoms with Gasteiger partial charge in [-0.2, -0.15) is 0 Å². The highest BCUT2D eigenvalue weighted by Crippen LogP contribution is 2.32. The Hall–Kier alpha value is -1.06. The zero-order chi connectivity index (χ0) is 15.6. The number of fused-ring (bicyclic) bond motifs is 1. The number of hydrogen-bond acceptors (Lipinski definition) is 3. The van der Waals surface area contributed by atoms with E-state index in [1.807, 2.05) is 0 Å². The van der Waals surface area contributed by atoms with E-state index in [4.69, 9.17) is 4.74 Å². The van der Waals surface area contributed by atoms with E-state index in [1.165, 1.54) is 57.3 Å². The predicted octanol–water partition coefficient (Wildman–Crippen LogP) is 3.32. The maximum absolute atomic E-state index is 6.16. The van der Waals surface area contributed by atoms with Crippen LogP contribution in [0.1, 0.15) is 37.7 Å². The number of ether oxygens (including phenoxy) is 1. The van der Waals surface area contributed by atoms with Crippen LogP contribution in [0.5, 0.6) is 5.75 Å². The number of hydrogen-bond donors (Lipinski definition) is 0. The molecule has 3 nitrogen and oxygen atoms in total. The fourth-order valence-corrected chi connectivity index (χ4v) is 4.74. The number of benzene rings is 1. The fraction of sp³-hybridized carbons (Fsp3) is 0.700. The quantitative estimate of drug-likeness (QED) is 0.848. The molecule has 0 bridgehead atoms. The molecule has 1 aromatic rings. The summed E-state index contributed by atoms with van der Waals surface area (Å²) in [6.45, 7) is 8.33. The molecule has 1 aromatic carbocycles. The molecule has 0 unspecified atom stereocenters. The van der Waals surface area contributed by atoms with Crippen LogP contribution in [0.25, 0.3) is 0 Å². The molecule has 3 saturated heterocycles. The topological polar surface area (TPSA) is 15.7 Å².